The molecule has 2 aliphatic heterocycles. The Balaban J connectivity index is 2.08. The van der Waals surface area contributed by atoms with Gasteiger partial charge < -0.3 is 10.1 Å². The summed E-state index contributed by atoms with van der Waals surface area (Å²) in [5.74, 6) is -0.987. The maximum atomic E-state index is 13.7. The maximum Gasteiger partial charge on any atom is 0.149 e. The van der Waals surface area contributed by atoms with Crippen LogP contribution in [0.4, 0.5) is 14.5 Å². The Morgan fingerprint density at radius 1 is 1.41 bits per heavy atom. The van der Waals surface area contributed by atoms with Crippen molar-refractivity contribution in [3.63, 3.8) is 0 Å². The SMILES string of the molecule is CC1CC2(CCO1)CNc1c(F)cc(F)cc12. The summed E-state index contributed by atoms with van der Waals surface area (Å²) in [6, 6.07) is 2.41. The number of ether oxygens (including phenoxy) is 1. The van der Waals surface area contributed by atoms with Crippen molar-refractivity contribution in [3.8, 4) is 0 Å². The summed E-state index contributed by atoms with van der Waals surface area (Å²) >= 11 is 0. The molecule has 2 heterocycles. The van der Waals surface area contributed by atoms with Crippen LogP contribution in [0.15, 0.2) is 12.1 Å². The Labute approximate surface area is 99.0 Å². The first-order valence-corrected chi connectivity index (χ1v) is 5.96. The zero-order valence-corrected chi connectivity index (χ0v) is 9.72. The predicted molar refractivity (Wildman–Crippen MR) is 61.2 cm³/mol. The van der Waals surface area contributed by atoms with Gasteiger partial charge in [0.2, 0.25) is 0 Å². The van der Waals surface area contributed by atoms with Gasteiger partial charge in [0, 0.05) is 24.6 Å². The number of hydrogen-bond donors (Lipinski definition) is 1. The summed E-state index contributed by atoms with van der Waals surface area (Å²) in [6.07, 6.45) is 1.78. The van der Waals surface area contributed by atoms with E-state index in [1.54, 1.807) is 0 Å². The van der Waals surface area contributed by atoms with E-state index in [0.29, 0.717) is 18.8 Å². The molecule has 17 heavy (non-hydrogen) atoms. The Hall–Kier alpha value is -1.16. The first-order valence-electron chi connectivity index (χ1n) is 5.96. The summed E-state index contributed by atoms with van der Waals surface area (Å²) in [6.45, 7) is 3.34. The highest BCUT2D eigenvalue weighted by molar-refractivity contribution is 5.61. The van der Waals surface area contributed by atoms with Crippen LogP contribution in [0.3, 0.4) is 0 Å². The molecule has 92 valence electrons. The fraction of sp³-hybridized carbons (Fsp3) is 0.538. The molecule has 3 rings (SSSR count). The summed E-state index contributed by atoms with van der Waals surface area (Å²) in [5.41, 5.74) is 1.10. The van der Waals surface area contributed by atoms with Crippen molar-refractivity contribution in [1.82, 2.24) is 0 Å². The molecule has 0 aliphatic carbocycles. The van der Waals surface area contributed by atoms with E-state index in [-0.39, 0.29) is 11.5 Å². The van der Waals surface area contributed by atoms with Crippen molar-refractivity contribution in [2.75, 3.05) is 18.5 Å². The van der Waals surface area contributed by atoms with Gasteiger partial charge in [-0.05, 0) is 31.4 Å². The Morgan fingerprint density at radius 3 is 3.00 bits per heavy atom. The third kappa shape index (κ3) is 1.62. The van der Waals surface area contributed by atoms with Gasteiger partial charge in [-0.3, -0.25) is 0 Å². The van der Waals surface area contributed by atoms with Crippen molar-refractivity contribution in [2.24, 2.45) is 0 Å². The van der Waals surface area contributed by atoms with Gasteiger partial charge in [-0.15, -0.1) is 0 Å². The van der Waals surface area contributed by atoms with E-state index in [0.717, 1.165) is 24.5 Å². The van der Waals surface area contributed by atoms with Crippen molar-refractivity contribution in [2.45, 2.75) is 31.3 Å². The quantitative estimate of drug-likeness (QED) is 0.751. The van der Waals surface area contributed by atoms with Gasteiger partial charge in [0.25, 0.3) is 0 Å². The molecule has 4 heteroatoms. The first-order chi connectivity index (χ1) is 8.11. The topological polar surface area (TPSA) is 21.3 Å². The molecule has 1 N–H and O–H groups in total. The third-order valence-electron chi connectivity index (χ3n) is 3.89. The summed E-state index contributed by atoms with van der Waals surface area (Å²) in [4.78, 5) is 0. The van der Waals surface area contributed by atoms with E-state index in [9.17, 15) is 8.78 Å². The highest BCUT2D eigenvalue weighted by atomic mass is 19.1. The summed E-state index contributed by atoms with van der Waals surface area (Å²) in [5, 5.41) is 3.08. The van der Waals surface area contributed by atoms with E-state index in [1.165, 1.54) is 6.07 Å². The minimum atomic E-state index is -0.497. The van der Waals surface area contributed by atoms with Crippen molar-refractivity contribution in [3.05, 3.63) is 29.3 Å². The molecule has 2 atom stereocenters. The lowest BCUT2D eigenvalue weighted by Crippen LogP contribution is -2.39. The van der Waals surface area contributed by atoms with Crippen LogP contribution < -0.4 is 5.32 Å². The standard InChI is InChI=1S/C13H15F2NO/c1-8-6-13(2-3-17-8)7-16-12-10(13)4-9(14)5-11(12)15/h4-5,8,16H,2-3,6-7H2,1H3. The fourth-order valence-electron chi connectivity index (χ4n) is 3.10. The van der Waals surface area contributed by atoms with Crippen LogP contribution in [0, 0.1) is 11.6 Å². The second-order valence-corrected chi connectivity index (χ2v) is 5.08. The monoisotopic (exact) mass is 239 g/mol. The second kappa shape index (κ2) is 3.67. The average Bonchev–Trinajstić information content (AvgIpc) is 2.58. The molecule has 0 amide bonds. The van der Waals surface area contributed by atoms with Gasteiger partial charge in [-0.2, -0.15) is 0 Å². The molecule has 1 aromatic rings. The van der Waals surface area contributed by atoms with Crippen LogP contribution >= 0.6 is 0 Å². The highest BCUT2D eigenvalue weighted by Crippen LogP contribution is 2.46. The molecular formula is C13H15F2NO. The molecule has 2 unspecified atom stereocenters. The molecular weight excluding hydrogens is 224 g/mol. The van der Waals surface area contributed by atoms with Crippen LogP contribution in [0.25, 0.3) is 0 Å². The van der Waals surface area contributed by atoms with Gasteiger partial charge in [-0.1, -0.05) is 0 Å². The molecule has 2 nitrogen and oxygen atoms in total. The molecule has 0 saturated carbocycles. The number of hydrogen-bond acceptors (Lipinski definition) is 2. The average molecular weight is 239 g/mol. The van der Waals surface area contributed by atoms with Crippen molar-refractivity contribution >= 4 is 5.69 Å². The van der Waals surface area contributed by atoms with E-state index >= 15 is 0 Å². The van der Waals surface area contributed by atoms with Gasteiger partial charge >= 0.3 is 0 Å². The molecule has 1 aromatic carbocycles. The lowest BCUT2D eigenvalue weighted by molar-refractivity contribution is -0.00534. The van der Waals surface area contributed by atoms with Gasteiger partial charge in [0.1, 0.15) is 11.6 Å². The summed E-state index contributed by atoms with van der Waals surface area (Å²) < 4.78 is 32.5. The van der Waals surface area contributed by atoms with Crippen LogP contribution in [-0.2, 0) is 10.2 Å². The number of fused-ring (bicyclic) bond motifs is 2. The fourth-order valence-corrected chi connectivity index (χ4v) is 3.10. The summed E-state index contributed by atoms with van der Waals surface area (Å²) in [7, 11) is 0. The van der Waals surface area contributed by atoms with Gasteiger partial charge in [0.05, 0.1) is 11.8 Å². The smallest absolute Gasteiger partial charge is 0.149 e. The minimum absolute atomic E-state index is 0.142. The Bertz CT molecular complexity index is 463. The van der Waals surface area contributed by atoms with Crippen molar-refractivity contribution < 1.29 is 13.5 Å². The van der Waals surface area contributed by atoms with E-state index in [1.807, 2.05) is 6.92 Å². The van der Waals surface area contributed by atoms with Crippen molar-refractivity contribution in [1.29, 1.82) is 0 Å². The molecule has 1 fully saturated rings. The van der Waals surface area contributed by atoms with Crippen LogP contribution in [0.5, 0.6) is 0 Å². The Morgan fingerprint density at radius 2 is 2.24 bits per heavy atom. The minimum Gasteiger partial charge on any atom is -0.382 e. The predicted octanol–water partition coefficient (Wildman–Crippen LogP) is 2.83. The van der Waals surface area contributed by atoms with E-state index < -0.39 is 11.6 Å². The van der Waals surface area contributed by atoms with Gasteiger partial charge in [0.15, 0.2) is 0 Å². The molecule has 0 bridgehead atoms. The number of benzene rings is 1. The number of anilines is 1. The molecule has 0 radical (unpaired) electrons. The van der Waals surface area contributed by atoms with E-state index in [2.05, 4.69) is 5.32 Å². The lowest BCUT2D eigenvalue weighted by atomic mass is 9.74. The van der Waals surface area contributed by atoms with Crippen LogP contribution in [-0.4, -0.2) is 19.3 Å². The normalized spacial score (nSPS) is 31.4. The number of halogens is 2. The maximum absolute atomic E-state index is 13.7. The van der Waals surface area contributed by atoms with Crippen LogP contribution in [0.1, 0.15) is 25.3 Å². The van der Waals surface area contributed by atoms with E-state index in [4.69, 9.17) is 4.74 Å². The highest BCUT2D eigenvalue weighted by Gasteiger charge is 2.43. The number of rotatable bonds is 0. The Kier molecular flexibility index (Phi) is 2.36. The largest absolute Gasteiger partial charge is 0.382 e. The lowest BCUT2D eigenvalue weighted by Gasteiger charge is -2.36. The zero-order chi connectivity index (χ0) is 12.0. The number of nitrogens with one attached hydrogen (secondary N) is 1. The molecule has 2 aliphatic rings. The van der Waals surface area contributed by atoms with Crippen LogP contribution in [0.2, 0.25) is 0 Å². The zero-order valence-electron chi connectivity index (χ0n) is 9.72. The first kappa shape index (κ1) is 11.0. The third-order valence-corrected chi connectivity index (χ3v) is 3.89. The molecule has 1 spiro atoms. The van der Waals surface area contributed by atoms with Gasteiger partial charge in [-0.25, -0.2) is 8.78 Å². The second-order valence-electron chi connectivity index (χ2n) is 5.08. The molecule has 0 aromatic heterocycles. The molecule has 1 saturated heterocycles.